The van der Waals surface area contributed by atoms with Crippen molar-refractivity contribution in [1.82, 2.24) is 20.9 Å². The number of likely N-dealkylation sites (N-methyl/N-ethyl adjacent to an activating group) is 1. The Bertz CT molecular complexity index is 735. The van der Waals surface area contributed by atoms with Gasteiger partial charge in [-0.15, -0.1) is 24.0 Å². The number of piperazine rings is 1. The van der Waals surface area contributed by atoms with Gasteiger partial charge in [0.15, 0.2) is 5.96 Å². The van der Waals surface area contributed by atoms with Crippen molar-refractivity contribution in [2.75, 3.05) is 57.3 Å². The zero-order chi connectivity index (χ0) is 21.3. The molecular formula is C22H36FIN6O. The summed E-state index contributed by atoms with van der Waals surface area (Å²) in [6, 6.07) is 5.41. The number of anilines is 1. The first-order valence-corrected chi connectivity index (χ1v) is 11.2. The Kier molecular flexibility index (Phi) is 10.8. The van der Waals surface area contributed by atoms with Gasteiger partial charge in [0, 0.05) is 51.7 Å². The number of halogens is 2. The van der Waals surface area contributed by atoms with E-state index in [1.165, 1.54) is 0 Å². The van der Waals surface area contributed by atoms with Crippen LogP contribution in [-0.2, 0) is 11.3 Å². The van der Waals surface area contributed by atoms with Crippen LogP contribution >= 0.6 is 24.0 Å². The number of nitrogens with one attached hydrogen (secondary N) is 3. The van der Waals surface area contributed by atoms with Gasteiger partial charge in [0.1, 0.15) is 5.82 Å². The number of guanidine groups is 1. The molecule has 1 heterocycles. The largest absolute Gasteiger partial charge is 0.367 e. The maximum atomic E-state index is 14.7. The van der Waals surface area contributed by atoms with Gasteiger partial charge in [-0.1, -0.05) is 13.0 Å². The Morgan fingerprint density at radius 3 is 2.42 bits per heavy atom. The molecule has 31 heavy (non-hydrogen) atoms. The van der Waals surface area contributed by atoms with Crippen molar-refractivity contribution in [2.24, 2.45) is 10.9 Å². The fourth-order valence-electron chi connectivity index (χ4n) is 3.58. The minimum atomic E-state index is -0.187. The van der Waals surface area contributed by atoms with Gasteiger partial charge in [-0.25, -0.2) is 9.38 Å². The summed E-state index contributed by atoms with van der Waals surface area (Å²) in [5.74, 6) is 0.845. The number of rotatable bonds is 9. The van der Waals surface area contributed by atoms with E-state index in [0.717, 1.165) is 57.7 Å². The molecule has 1 aliphatic carbocycles. The summed E-state index contributed by atoms with van der Waals surface area (Å²) in [4.78, 5) is 20.7. The molecular weight excluding hydrogens is 510 g/mol. The normalized spacial score (nSPS) is 17.1. The molecule has 2 aliphatic rings. The zero-order valence-electron chi connectivity index (χ0n) is 18.6. The average molecular weight is 546 g/mol. The lowest BCUT2D eigenvalue weighted by molar-refractivity contribution is -0.122. The third kappa shape index (κ3) is 8.10. The second-order valence-electron chi connectivity index (χ2n) is 7.89. The van der Waals surface area contributed by atoms with Gasteiger partial charge in [0.05, 0.1) is 12.2 Å². The highest BCUT2D eigenvalue weighted by atomic mass is 127. The topological polar surface area (TPSA) is 72.0 Å². The number of hydrogen-bond donors (Lipinski definition) is 3. The molecule has 0 atom stereocenters. The van der Waals surface area contributed by atoms with Crippen molar-refractivity contribution < 1.29 is 9.18 Å². The van der Waals surface area contributed by atoms with Crippen LogP contribution in [0.5, 0.6) is 0 Å². The van der Waals surface area contributed by atoms with Crippen molar-refractivity contribution in [2.45, 2.75) is 33.2 Å². The second-order valence-corrected chi connectivity index (χ2v) is 7.89. The molecule has 0 unspecified atom stereocenters. The van der Waals surface area contributed by atoms with Crippen molar-refractivity contribution in [3.8, 4) is 0 Å². The van der Waals surface area contributed by atoms with Crippen LogP contribution in [0, 0.1) is 11.7 Å². The highest BCUT2D eigenvalue weighted by Crippen LogP contribution is 2.28. The number of nitrogens with zero attached hydrogens (tertiary/aromatic N) is 3. The summed E-state index contributed by atoms with van der Waals surface area (Å²) >= 11 is 0. The number of aliphatic imine (C=N–C) groups is 1. The molecule has 9 heteroatoms. The third-order valence-electron chi connectivity index (χ3n) is 5.60. The van der Waals surface area contributed by atoms with E-state index in [9.17, 15) is 9.18 Å². The number of carbonyl (C=O) groups is 1. The van der Waals surface area contributed by atoms with Gasteiger partial charge in [-0.2, -0.15) is 0 Å². The van der Waals surface area contributed by atoms with Crippen molar-refractivity contribution in [3.05, 3.63) is 29.6 Å². The van der Waals surface area contributed by atoms with E-state index in [0.29, 0.717) is 31.3 Å². The fraction of sp³-hybridized carbons (Fsp3) is 0.636. The highest BCUT2D eigenvalue weighted by molar-refractivity contribution is 14.0. The SMILES string of the molecule is CCNC(=NCc1ccc(N2CCN(CC)CC2)c(F)c1)NCCNC(=O)C1CC1.I. The minimum Gasteiger partial charge on any atom is -0.367 e. The second kappa shape index (κ2) is 13.0. The van der Waals surface area contributed by atoms with E-state index in [1.54, 1.807) is 6.07 Å². The summed E-state index contributed by atoms with van der Waals surface area (Å²) in [6.45, 7) is 11.1. The maximum Gasteiger partial charge on any atom is 0.223 e. The predicted molar refractivity (Wildman–Crippen MR) is 135 cm³/mol. The Morgan fingerprint density at radius 2 is 1.81 bits per heavy atom. The van der Waals surface area contributed by atoms with Gasteiger partial charge < -0.3 is 25.8 Å². The van der Waals surface area contributed by atoms with Crippen LogP contribution in [0.1, 0.15) is 32.3 Å². The Morgan fingerprint density at radius 1 is 1.10 bits per heavy atom. The molecule has 3 rings (SSSR count). The van der Waals surface area contributed by atoms with E-state index >= 15 is 0 Å². The van der Waals surface area contributed by atoms with E-state index in [2.05, 4.69) is 37.7 Å². The van der Waals surface area contributed by atoms with E-state index < -0.39 is 0 Å². The molecule has 0 radical (unpaired) electrons. The standard InChI is InChI=1S/C22H35FN6O.HI/c1-3-24-22(26-10-9-25-21(30)18-6-7-18)27-16-17-5-8-20(19(23)15-17)29-13-11-28(4-2)12-14-29;/h5,8,15,18H,3-4,6-7,9-14,16H2,1-2H3,(H,25,30)(H2,24,26,27);1H. The lowest BCUT2D eigenvalue weighted by Crippen LogP contribution is -2.46. The fourth-order valence-corrected chi connectivity index (χ4v) is 3.58. The van der Waals surface area contributed by atoms with E-state index in [4.69, 9.17) is 0 Å². The Balaban J connectivity index is 0.00000341. The van der Waals surface area contributed by atoms with Gasteiger partial charge in [0.25, 0.3) is 0 Å². The predicted octanol–water partition coefficient (Wildman–Crippen LogP) is 2.17. The number of benzene rings is 1. The molecule has 7 nitrogen and oxygen atoms in total. The van der Waals surface area contributed by atoms with Crippen LogP contribution in [0.3, 0.4) is 0 Å². The zero-order valence-corrected chi connectivity index (χ0v) is 21.0. The molecule has 2 fully saturated rings. The molecule has 3 N–H and O–H groups in total. The van der Waals surface area contributed by atoms with Crippen molar-refractivity contribution >= 4 is 41.5 Å². The molecule has 0 spiro atoms. The van der Waals surface area contributed by atoms with Crippen LogP contribution in [0.2, 0.25) is 0 Å². The van der Waals surface area contributed by atoms with Gasteiger partial charge in [-0.3, -0.25) is 4.79 Å². The number of carbonyl (C=O) groups excluding carboxylic acids is 1. The average Bonchev–Trinajstić information content (AvgIpc) is 3.60. The first kappa shape index (κ1) is 25.6. The minimum absolute atomic E-state index is 0. The van der Waals surface area contributed by atoms with Crippen LogP contribution < -0.4 is 20.9 Å². The molecule has 174 valence electrons. The number of amides is 1. The van der Waals surface area contributed by atoms with E-state index in [-0.39, 0.29) is 41.6 Å². The van der Waals surface area contributed by atoms with Crippen LogP contribution in [0.4, 0.5) is 10.1 Å². The Hall–Kier alpha value is -1.62. The van der Waals surface area contributed by atoms with E-state index in [1.807, 2.05) is 19.1 Å². The highest BCUT2D eigenvalue weighted by Gasteiger charge is 2.29. The molecule has 1 aromatic rings. The van der Waals surface area contributed by atoms with Crippen LogP contribution in [0.15, 0.2) is 23.2 Å². The van der Waals surface area contributed by atoms with Gasteiger partial charge >= 0.3 is 0 Å². The molecule has 1 aromatic carbocycles. The van der Waals surface area contributed by atoms with Crippen LogP contribution in [-0.4, -0.2) is 69.1 Å². The summed E-state index contributed by atoms with van der Waals surface area (Å²) < 4.78 is 14.7. The van der Waals surface area contributed by atoms with Gasteiger partial charge in [0.2, 0.25) is 5.91 Å². The van der Waals surface area contributed by atoms with Crippen LogP contribution in [0.25, 0.3) is 0 Å². The first-order valence-electron chi connectivity index (χ1n) is 11.2. The molecule has 1 aliphatic heterocycles. The Labute approximate surface area is 202 Å². The quantitative estimate of drug-likeness (QED) is 0.192. The first-order chi connectivity index (χ1) is 14.6. The van der Waals surface area contributed by atoms with Gasteiger partial charge in [-0.05, 0) is 44.0 Å². The molecule has 0 aromatic heterocycles. The molecule has 1 saturated heterocycles. The smallest absolute Gasteiger partial charge is 0.223 e. The monoisotopic (exact) mass is 546 g/mol. The lowest BCUT2D eigenvalue weighted by Gasteiger charge is -2.35. The molecule has 0 bridgehead atoms. The maximum absolute atomic E-state index is 14.7. The summed E-state index contributed by atoms with van der Waals surface area (Å²) in [5.41, 5.74) is 1.51. The molecule has 1 amide bonds. The van der Waals surface area contributed by atoms with Crippen molar-refractivity contribution in [3.63, 3.8) is 0 Å². The van der Waals surface area contributed by atoms with Crippen molar-refractivity contribution in [1.29, 1.82) is 0 Å². The molecule has 1 saturated carbocycles. The number of hydrogen-bond acceptors (Lipinski definition) is 4. The summed E-state index contributed by atoms with van der Waals surface area (Å²) in [6.07, 6.45) is 2.02. The lowest BCUT2D eigenvalue weighted by atomic mass is 10.1. The summed E-state index contributed by atoms with van der Waals surface area (Å²) in [5, 5.41) is 9.32. The third-order valence-corrected chi connectivity index (χ3v) is 5.60. The summed E-state index contributed by atoms with van der Waals surface area (Å²) in [7, 11) is 0.